The molecule has 0 aliphatic heterocycles. The molecule has 0 aromatic carbocycles. The minimum atomic E-state index is -1.42. The van der Waals surface area contributed by atoms with Gasteiger partial charge >= 0.3 is 0 Å². The van der Waals surface area contributed by atoms with Crippen molar-refractivity contribution >= 4 is 27.0 Å². The molecule has 0 rings (SSSR count). The summed E-state index contributed by atoms with van der Waals surface area (Å²) in [6.45, 7) is 9.16. The van der Waals surface area contributed by atoms with Crippen LogP contribution >= 0.6 is 18.9 Å². The molecule has 0 aliphatic rings. The van der Waals surface area contributed by atoms with Crippen LogP contribution in [0.15, 0.2) is 0 Å². The van der Waals surface area contributed by atoms with Gasteiger partial charge in [-0.15, -0.1) is 0 Å². The fraction of sp³-hybridized carbons (Fsp3) is 0.857. The van der Waals surface area contributed by atoms with Crippen molar-refractivity contribution in [3.05, 3.63) is 11.4 Å². The van der Waals surface area contributed by atoms with E-state index >= 15 is 0 Å². The van der Waals surface area contributed by atoms with Gasteiger partial charge in [-0.2, -0.15) is 5.26 Å². The van der Waals surface area contributed by atoms with Crippen LogP contribution in [0.4, 0.5) is 0 Å². The molecule has 0 saturated carbocycles. The molecule has 0 heterocycles. The Morgan fingerprint density at radius 2 is 1.48 bits per heavy atom. The monoisotopic (exact) mass is 346 g/mol. The second kappa shape index (κ2) is 14.9. The number of hydrogen-bond acceptors (Lipinski definition) is 3. The van der Waals surface area contributed by atoms with Crippen molar-refractivity contribution in [3.63, 3.8) is 0 Å². The van der Waals surface area contributed by atoms with Gasteiger partial charge in [0.2, 0.25) is 6.54 Å². The van der Waals surface area contributed by atoms with Crippen LogP contribution in [0, 0.1) is 17.9 Å². The highest BCUT2D eigenvalue weighted by Crippen LogP contribution is 2.32. The summed E-state index contributed by atoms with van der Waals surface area (Å²) in [5, 5.41) is 8.79. The van der Waals surface area contributed by atoms with Gasteiger partial charge in [-0.1, -0.05) is 24.2 Å². The Morgan fingerprint density at radius 1 is 0.952 bits per heavy atom. The van der Waals surface area contributed by atoms with Crippen LogP contribution in [0.25, 0.3) is 4.85 Å². The molecule has 21 heavy (non-hydrogen) atoms. The molecule has 0 aliphatic carbocycles. The highest BCUT2D eigenvalue weighted by molar-refractivity contribution is 7.10. The Kier molecular flexibility index (Phi) is 14.9. The van der Waals surface area contributed by atoms with Gasteiger partial charge in [0.15, 0.2) is 0 Å². The van der Waals surface area contributed by atoms with E-state index in [1.807, 2.05) is 0 Å². The standard InChI is InChI=1S/C14H28N2O2P2Si/c1-16-8-4-12-21(11-3-2-7-15,13-5-9-17-19)14-6-10-18-20/h2-6,8-14,19-20H2. The van der Waals surface area contributed by atoms with Crippen molar-refractivity contribution in [2.24, 2.45) is 0 Å². The lowest BCUT2D eigenvalue weighted by molar-refractivity contribution is 0.366. The van der Waals surface area contributed by atoms with E-state index in [9.17, 15) is 0 Å². The maximum atomic E-state index is 8.79. The molecule has 0 radical (unpaired) electrons. The van der Waals surface area contributed by atoms with Crippen LogP contribution in [-0.2, 0) is 9.05 Å². The van der Waals surface area contributed by atoms with Crippen molar-refractivity contribution in [2.45, 2.75) is 56.3 Å². The molecule has 0 bridgehead atoms. The molecule has 0 fully saturated rings. The number of unbranched alkanes of at least 4 members (excludes halogenated alkanes) is 1. The van der Waals surface area contributed by atoms with E-state index in [1.54, 1.807) is 0 Å². The van der Waals surface area contributed by atoms with Crippen molar-refractivity contribution in [2.75, 3.05) is 19.8 Å². The minimum Gasteiger partial charge on any atom is -0.366 e. The molecular weight excluding hydrogens is 318 g/mol. The first kappa shape index (κ1) is 21.0. The van der Waals surface area contributed by atoms with Crippen LogP contribution in [0.5, 0.6) is 0 Å². The molecule has 0 saturated heterocycles. The molecule has 2 atom stereocenters. The van der Waals surface area contributed by atoms with Crippen LogP contribution in [0.2, 0.25) is 24.2 Å². The molecule has 0 aromatic rings. The molecule has 0 aromatic heterocycles. The third kappa shape index (κ3) is 11.2. The van der Waals surface area contributed by atoms with Gasteiger partial charge in [0.1, 0.15) is 0 Å². The largest absolute Gasteiger partial charge is 0.366 e. The average molecular weight is 346 g/mol. The normalized spacial score (nSPS) is 11.0. The Balaban J connectivity index is 4.61. The quantitative estimate of drug-likeness (QED) is 0.202. The van der Waals surface area contributed by atoms with E-state index in [0.29, 0.717) is 13.0 Å². The van der Waals surface area contributed by atoms with E-state index in [2.05, 4.69) is 29.8 Å². The van der Waals surface area contributed by atoms with Crippen LogP contribution in [0.1, 0.15) is 32.1 Å². The van der Waals surface area contributed by atoms with E-state index in [0.717, 1.165) is 38.9 Å². The molecule has 0 N–H and O–H groups in total. The van der Waals surface area contributed by atoms with E-state index < -0.39 is 8.07 Å². The first-order valence-corrected chi connectivity index (χ1v) is 11.4. The number of rotatable bonds is 14. The summed E-state index contributed by atoms with van der Waals surface area (Å²) in [6.07, 6.45) is 4.83. The lowest BCUT2D eigenvalue weighted by Gasteiger charge is -2.31. The Morgan fingerprint density at radius 3 is 1.95 bits per heavy atom. The van der Waals surface area contributed by atoms with Crippen LogP contribution in [0.3, 0.4) is 0 Å². The summed E-state index contributed by atoms with van der Waals surface area (Å²) >= 11 is 0. The zero-order chi connectivity index (χ0) is 15.8. The fourth-order valence-corrected chi connectivity index (χ4v) is 8.34. The maximum absolute atomic E-state index is 8.79. The molecule has 7 heteroatoms. The van der Waals surface area contributed by atoms with Crippen molar-refractivity contribution < 1.29 is 9.05 Å². The molecule has 2 unspecified atom stereocenters. The SMILES string of the molecule is [C-]#[N+]CCC[Si](CCCC#N)(CCCOP)CCCOP. The van der Waals surface area contributed by atoms with Crippen molar-refractivity contribution in [3.8, 4) is 6.07 Å². The molecular formula is C14H28N2O2P2Si. The first-order valence-electron chi connectivity index (χ1n) is 7.58. The summed E-state index contributed by atoms with van der Waals surface area (Å²) < 4.78 is 10.2. The summed E-state index contributed by atoms with van der Waals surface area (Å²) in [7, 11) is 3.21. The maximum Gasteiger partial charge on any atom is 0.214 e. The number of nitrogens with zero attached hydrogens (tertiary/aromatic N) is 2. The molecule has 120 valence electrons. The second-order valence-corrected chi connectivity index (χ2v) is 11.1. The van der Waals surface area contributed by atoms with Gasteiger partial charge in [0, 0.05) is 45.0 Å². The van der Waals surface area contributed by atoms with Gasteiger partial charge < -0.3 is 13.9 Å². The van der Waals surface area contributed by atoms with Gasteiger partial charge in [0.25, 0.3) is 0 Å². The summed E-state index contributed by atoms with van der Waals surface area (Å²) in [5.41, 5.74) is 0. The summed E-state index contributed by atoms with van der Waals surface area (Å²) in [6, 6.07) is 7.14. The molecule has 0 amide bonds. The smallest absolute Gasteiger partial charge is 0.214 e. The highest BCUT2D eigenvalue weighted by Gasteiger charge is 2.31. The Hall–Kier alpha value is -0.0231. The highest BCUT2D eigenvalue weighted by atomic mass is 31.0. The van der Waals surface area contributed by atoms with Gasteiger partial charge in [0.05, 0.1) is 14.1 Å². The topological polar surface area (TPSA) is 46.6 Å². The van der Waals surface area contributed by atoms with Crippen molar-refractivity contribution in [1.82, 2.24) is 0 Å². The third-order valence-electron chi connectivity index (χ3n) is 3.91. The Labute approximate surface area is 135 Å². The lowest BCUT2D eigenvalue weighted by Crippen LogP contribution is -2.34. The van der Waals surface area contributed by atoms with Crippen LogP contribution < -0.4 is 0 Å². The zero-order valence-corrected chi connectivity index (χ0v) is 16.2. The lowest BCUT2D eigenvalue weighted by atomic mass is 10.4. The molecule has 4 nitrogen and oxygen atoms in total. The predicted molar refractivity (Wildman–Crippen MR) is 96.5 cm³/mol. The fourth-order valence-electron chi connectivity index (χ4n) is 2.89. The molecule has 0 spiro atoms. The van der Waals surface area contributed by atoms with Crippen molar-refractivity contribution in [1.29, 1.82) is 5.26 Å². The van der Waals surface area contributed by atoms with Gasteiger partial charge in [-0.25, -0.2) is 6.57 Å². The van der Waals surface area contributed by atoms with Gasteiger partial charge in [-0.05, 0) is 19.3 Å². The summed E-state index contributed by atoms with van der Waals surface area (Å²) in [5.74, 6) is 0. The number of hydrogen-bond donors (Lipinski definition) is 0. The minimum absolute atomic E-state index is 0.632. The first-order chi connectivity index (χ1) is 10.2. The Bertz CT molecular complexity index is 300. The van der Waals surface area contributed by atoms with Crippen LogP contribution in [-0.4, -0.2) is 27.8 Å². The second-order valence-electron chi connectivity index (χ2n) is 5.45. The van der Waals surface area contributed by atoms with E-state index in [1.165, 1.54) is 24.2 Å². The van der Waals surface area contributed by atoms with E-state index in [-0.39, 0.29) is 0 Å². The summed E-state index contributed by atoms with van der Waals surface area (Å²) in [4.78, 5) is 3.49. The zero-order valence-electron chi connectivity index (χ0n) is 12.9. The predicted octanol–water partition coefficient (Wildman–Crippen LogP) is 4.44. The van der Waals surface area contributed by atoms with E-state index in [4.69, 9.17) is 20.9 Å². The number of nitriles is 1. The average Bonchev–Trinajstić information content (AvgIpc) is 2.48. The third-order valence-corrected chi connectivity index (χ3v) is 10.0. The van der Waals surface area contributed by atoms with Gasteiger partial charge in [-0.3, -0.25) is 0 Å².